The van der Waals surface area contributed by atoms with Crippen LogP contribution < -0.4 is 0 Å². The average Bonchev–Trinajstić information content (AvgIpc) is 2.00. The minimum absolute atomic E-state index is 0.357. The highest BCUT2D eigenvalue weighted by molar-refractivity contribution is 5.96. The van der Waals surface area contributed by atoms with Crippen molar-refractivity contribution in [3.8, 4) is 0 Å². The van der Waals surface area contributed by atoms with Crippen molar-refractivity contribution in [3.63, 3.8) is 0 Å². The number of aliphatic imine (C=N–C) groups is 1. The molecule has 60 valence electrons. The van der Waals surface area contributed by atoms with Gasteiger partial charge < -0.3 is 4.74 Å². The molecular weight excluding hydrogens is 146 g/mol. The van der Waals surface area contributed by atoms with Crippen molar-refractivity contribution in [1.29, 1.82) is 0 Å². The molecule has 0 saturated carbocycles. The fourth-order valence-electron chi connectivity index (χ4n) is 0.540. The lowest BCUT2D eigenvalue weighted by atomic mass is 10.2. The number of rotatable bonds is 3. The second-order valence-corrected chi connectivity index (χ2v) is 1.74. The van der Waals surface area contributed by atoms with Gasteiger partial charge in [0.25, 0.3) is 5.91 Å². The first kappa shape index (κ1) is 9.59. The highest BCUT2D eigenvalue weighted by atomic mass is 16.5. The summed E-state index contributed by atoms with van der Waals surface area (Å²) < 4.78 is 4.59. The van der Waals surface area contributed by atoms with Crippen molar-refractivity contribution < 1.29 is 14.3 Å². The number of amides is 1. The third kappa shape index (κ3) is 3.33. The van der Waals surface area contributed by atoms with Crippen LogP contribution in [-0.2, 0) is 14.3 Å². The molecule has 0 fully saturated rings. The molecule has 0 atom stereocenters. The number of hydrogen-bond acceptors (Lipinski definition) is 3. The first-order valence-electron chi connectivity index (χ1n) is 3.10. The summed E-state index contributed by atoms with van der Waals surface area (Å²) in [6.07, 6.45) is 2.92. The molecular formula is C7H9NO3. The minimum atomic E-state index is -0.593. The second kappa shape index (κ2) is 5.38. The molecule has 0 aliphatic rings. The van der Waals surface area contributed by atoms with Gasteiger partial charge in [-0.05, 0) is 6.42 Å². The van der Waals surface area contributed by atoms with E-state index < -0.39 is 5.91 Å². The van der Waals surface area contributed by atoms with Gasteiger partial charge in [0.2, 0.25) is 6.08 Å². The zero-order valence-corrected chi connectivity index (χ0v) is 6.46. The minimum Gasteiger partial charge on any atom is -0.504 e. The molecule has 11 heavy (non-hydrogen) atoms. The van der Waals surface area contributed by atoms with Crippen molar-refractivity contribution in [1.82, 2.24) is 0 Å². The van der Waals surface area contributed by atoms with E-state index in [-0.39, 0.29) is 0 Å². The van der Waals surface area contributed by atoms with E-state index in [0.717, 1.165) is 0 Å². The Morgan fingerprint density at radius 2 is 2.36 bits per heavy atom. The third-order valence-electron chi connectivity index (χ3n) is 1.06. The van der Waals surface area contributed by atoms with Crippen molar-refractivity contribution in [3.05, 3.63) is 11.8 Å². The van der Waals surface area contributed by atoms with E-state index in [1.807, 2.05) is 0 Å². The summed E-state index contributed by atoms with van der Waals surface area (Å²) in [7, 11) is 1.42. The quantitative estimate of drug-likeness (QED) is 0.262. The molecule has 4 heteroatoms. The first-order valence-corrected chi connectivity index (χ1v) is 3.10. The van der Waals surface area contributed by atoms with E-state index in [9.17, 15) is 9.59 Å². The van der Waals surface area contributed by atoms with Crippen molar-refractivity contribution >= 4 is 12.0 Å². The van der Waals surface area contributed by atoms with Gasteiger partial charge in [-0.2, -0.15) is 0 Å². The number of nitrogens with zero attached hydrogens (tertiary/aromatic N) is 1. The van der Waals surface area contributed by atoms with Crippen LogP contribution in [0.2, 0.25) is 0 Å². The Bertz CT molecular complexity index is 214. The van der Waals surface area contributed by atoms with Crippen molar-refractivity contribution in [2.24, 2.45) is 4.99 Å². The van der Waals surface area contributed by atoms with E-state index >= 15 is 0 Å². The van der Waals surface area contributed by atoms with Gasteiger partial charge in [-0.15, -0.1) is 4.99 Å². The Hall–Kier alpha value is -1.41. The van der Waals surface area contributed by atoms with Gasteiger partial charge in [-0.1, -0.05) is 6.92 Å². The zero-order valence-electron chi connectivity index (χ0n) is 6.46. The van der Waals surface area contributed by atoms with Gasteiger partial charge in [0.15, 0.2) is 0 Å². The Morgan fingerprint density at radius 3 is 2.73 bits per heavy atom. The monoisotopic (exact) mass is 155 g/mol. The number of isocyanates is 1. The molecule has 0 heterocycles. The lowest BCUT2D eigenvalue weighted by molar-refractivity contribution is -0.114. The Morgan fingerprint density at radius 1 is 1.73 bits per heavy atom. The van der Waals surface area contributed by atoms with E-state index in [4.69, 9.17) is 0 Å². The van der Waals surface area contributed by atoms with Gasteiger partial charge >= 0.3 is 0 Å². The summed E-state index contributed by atoms with van der Waals surface area (Å²) in [5, 5.41) is 0. The highest BCUT2D eigenvalue weighted by Crippen LogP contribution is 2.02. The topological polar surface area (TPSA) is 55.7 Å². The van der Waals surface area contributed by atoms with E-state index in [2.05, 4.69) is 9.73 Å². The van der Waals surface area contributed by atoms with Gasteiger partial charge in [0.1, 0.15) is 0 Å². The normalized spacial score (nSPS) is 10.2. The maximum Gasteiger partial charge on any atom is 0.286 e. The van der Waals surface area contributed by atoms with Gasteiger partial charge in [-0.25, -0.2) is 4.79 Å². The lowest BCUT2D eigenvalue weighted by Gasteiger charge is -1.94. The SMILES string of the molecule is CC/C(=C\OC)C(=O)N=C=O. The molecule has 0 aromatic carbocycles. The largest absolute Gasteiger partial charge is 0.504 e. The second-order valence-electron chi connectivity index (χ2n) is 1.74. The molecule has 0 aromatic rings. The number of ether oxygens (including phenoxy) is 1. The van der Waals surface area contributed by atoms with Crippen LogP contribution >= 0.6 is 0 Å². The van der Waals surface area contributed by atoms with Gasteiger partial charge in [0.05, 0.1) is 18.9 Å². The summed E-state index contributed by atoms with van der Waals surface area (Å²) in [6, 6.07) is 0. The maximum absolute atomic E-state index is 10.8. The van der Waals surface area contributed by atoms with Crippen LogP contribution in [0.1, 0.15) is 13.3 Å². The van der Waals surface area contributed by atoms with Crippen LogP contribution in [0.5, 0.6) is 0 Å². The molecule has 0 bridgehead atoms. The fourth-order valence-corrected chi connectivity index (χ4v) is 0.540. The van der Waals surface area contributed by atoms with Gasteiger partial charge in [0, 0.05) is 0 Å². The predicted molar refractivity (Wildman–Crippen MR) is 38.5 cm³/mol. The van der Waals surface area contributed by atoms with Gasteiger partial charge in [-0.3, -0.25) is 4.79 Å². The summed E-state index contributed by atoms with van der Waals surface area (Å²) in [4.78, 5) is 23.4. The molecule has 0 aromatic heterocycles. The Balaban J connectivity index is 4.38. The van der Waals surface area contributed by atoms with E-state index in [0.29, 0.717) is 12.0 Å². The maximum atomic E-state index is 10.8. The summed E-state index contributed by atoms with van der Waals surface area (Å²) in [5.41, 5.74) is 0.357. The summed E-state index contributed by atoms with van der Waals surface area (Å²) in [6.45, 7) is 1.77. The molecule has 0 radical (unpaired) electrons. The molecule has 0 N–H and O–H groups in total. The lowest BCUT2D eigenvalue weighted by Crippen LogP contribution is -1.97. The van der Waals surface area contributed by atoms with Crippen LogP contribution in [0.3, 0.4) is 0 Å². The van der Waals surface area contributed by atoms with Crippen LogP contribution in [0.4, 0.5) is 0 Å². The summed E-state index contributed by atoms with van der Waals surface area (Å²) >= 11 is 0. The first-order chi connectivity index (χ1) is 5.26. The predicted octanol–water partition coefficient (Wildman–Crippen LogP) is 0.789. The molecule has 1 amide bonds. The van der Waals surface area contributed by atoms with E-state index in [1.54, 1.807) is 6.92 Å². The standard InChI is InChI=1S/C7H9NO3/c1-3-6(4-11-2)7(10)8-5-9/h4H,3H2,1-2H3/b6-4+. The van der Waals surface area contributed by atoms with Crippen LogP contribution in [0.15, 0.2) is 16.8 Å². The Labute approximate surface area is 64.6 Å². The number of hydrogen-bond donors (Lipinski definition) is 0. The van der Waals surface area contributed by atoms with Crippen LogP contribution in [0, 0.1) is 0 Å². The van der Waals surface area contributed by atoms with Crippen LogP contribution in [0.25, 0.3) is 0 Å². The van der Waals surface area contributed by atoms with Crippen molar-refractivity contribution in [2.45, 2.75) is 13.3 Å². The number of carbonyl (C=O) groups is 1. The highest BCUT2D eigenvalue weighted by Gasteiger charge is 2.04. The third-order valence-corrected chi connectivity index (χ3v) is 1.06. The summed E-state index contributed by atoms with van der Waals surface area (Å²) in [5.74, 6) is -0.593. The average molecular weight is 155 g/mol. The number of methoxy groups -OCH3 is 1. The molecule has 0 spiro atoms. The Kier molecular flexibility index (Phi) is 4.69. The van der Waals surface area contributed by atoms with E-state index in [1.165, 1.54) is 19.5 Å². The fraction of sp³-hybridized carbons (Fsp3) is 0.429. The smallest absolute Gasteiger partial charge is 0.286 e. The molecule has 0 saturated heterocycles. The zero-order chi connectivity index (χ0) is 8.69. The molecule has 4 nitrogen and oxygen atoms in total. The molecule has 0 aliphatic carbocycles. The number of carbonyl (C=O) groups excluding carboxylic acids is 2. The molecule has 0 unspecified atom stereocenters. The molecule has 0 rings (SSSR count). The van der Waals surface area contributed by atoms with Crippen molar-refractivity contribution in [2.75, 3.05) is 7.11 Å². The molecule has 0 aliphatic heterocycles. The van der Waals surface area contributed by atoms with Crippen LogP contribution in [-0.4, -0.2) is 19.1 Å².